The molecule has 1 aromatic rings. The minimum atomic E-state index is -0.115. The number of amides is 1. The van der Waals surface area contributed by atoms with Crippen LogP contribution in [0.15, 0.2) is 6.20 Å². The zero-order valence-electron chi connectivity index (χ0n) is 12.9. The first kappa shape index (κ1) is 14.4. The van der Waals surface area contributed by atoms with E-state index in [1.165, 1.54) is 44.8 Å². The predicted octanol–water partition coefficient (Wildman–Crippen LogP) is 2.02. The van der Waals surface area contributed by atoms with Gasteiger partial charge in [-0.1, -0.05) is 6.92 Å². The molecule has 21 heavy (non-hydrogen) atoms. The lowest BCUT2D eigenvalue weighted by Gasteiger charge is -2.44. The number of carbonyl (C=O) groups excluding carboxylic acids is 1. The van der Waals surface area contributed by atoms with Gasteiger partial charge in [0, 0.05) is 24.9 Å². The number of aromatic nitrogens is 2. The van der Waals surface area contributed by atoms with Crippen LogP contribution in [0, 0.1) is 5.92 Å². The minimum absolute atomic E-state index is 0.115. The minimum Gasteiger partial charge on any atom is -0.300 e. The lowest BCUT2D eigenvalue weighted by atomic mass is 9.77. The van der Waals surface area contributed by atoms with Gasteiger partial charge in [-0.05, 0) is 56.7 Å². The predicted molar refractivity (Wildman–Crippen MR) is 82.1 cm³/mol. The van der Waals surface area contributed by atoms with Gasteiger partial charge in [0.15, 0.2) is 0 Å². The molecule has 5 nitrogen and oxygen atoms in total. The second-order valence-corrected chi connectivity index (χ2v) is 6.26. The summed E-state index contributed by atoms with van der Waals surface area (Å²) in [4.78, 5) is 22.6. The molecule has 3 rings (SSSR count). The third kappa shape index (κ3) is 3.07. The molecule has 0 unspecified atom stereocenters. The number of nitrogens with one attached hydrogen (secondary N) is 1. The van der Waals surface area contributed by atoms with Crippen molar-refractivity contribution >= 4 is 11.9 Å². The van der Waals surface area contributed by atoms with Crippen molar-refractivity contribution in [3.8, 4) is 0 Å². The standard InChI is InChI=1S/C16H24N4O/c1-3-6-20-7-4-5-12-8-14-13(9-15(12)20)10-17-16(19-14)18-11(2)21/h10,12,15H,3-9H2,1-2H3,(H,17,18,19,21)/t12-,15-/m0/s1. The highest BCUT2D eigenvalue weighted by Crippen LogP contribution is 2.34. The molecule has 1 aliphatic carbocycles. The Bertz CT molecular complexity index is 529. The maximum absolute atomic E-state index is 11.1. The zero-order chi connectivity index (χ0) is 14.8. The highest BCUT2D eigenvalue weighted by atomic mass is 16.1. The fraction of sp³-hybridized carbons (Fsp3) is 0.688. The molecule has 0 radical (unpaired) electrons. The average Bonchev–Trinajstić information content (AvgIpc) is 2.45. The number of likely N-dealkylation sites (tertiary alicyclic amines) is 1. The second kappa shape index (κ2) is 6.10. The number of piperidine rings is 1. The topological polar surface area (TPSA) is 58.1 Å². The van der Waals surface area contributed by atoms with Crippen LogP contribution >= 0.6 is 0 Å². The van der Waals surface area contributed by atoms with Crippen LogP contribution in [0.25, 0.3) is 0 Å². The number of hydrogen-bond donors (Lipinski definition) is 1. The molecule has 1 saturated heterocycles. The van der Waals surface area contributed by atoms with E-state index in [9.17, 15) is 4.79 Å². The summed E-state index contributed by atoms with van der Waals surface area (Å²) in [5.41, 5.74) is 2.39. The van der Waals surface area contributed by atoms with Gasteiger partial charge in [0.1, 0.15) is 0 Å². The van der Waals surface area contributed by atoms with Crippen LogP contribution in [0.3, 0.4) is 0 Å². The smallest absolute Gasteiger partial charge is 0.229 e. The summed E-state index contributed by atoms with van der Waals surface area (Å²) in [7, 11) is 0. The Morgan fingerprint density at radius 1 is 1.48 bits per heavy atom. The van der Waals surface area contributed by atoms with Crippen molar-refractivity contribution in [3.63, 3.8) is 0 Å². The van der Waals surface area contributed by atoms with Crippen molar-refractivity contribution < 1.29 is 4.79 Å². The molecule has 114 valence electrons. The van der Waals surface area contributed by atoms with Crippen molar-refractivity contribution in [2.45, 2.75) is 52.0 Å². The molecular formula is C16H24N4O. The maximum Gasteiger partial charge on any atom is 0.229 e. The van der Waals surface area contributed by atoms with Crippen molar-refractivity contribution in [2.75, 3.05) is 18.4 Å². The first-order valence-corrected chi connectivity index (χ1v) is 8.03. The molecule has 1 aromatic heterocycles. The lowest BCUT2D eigenvalue weighted by molar-refractivity contribution is -0.114. The molecule has 0 spiro atoms. The van der Waals surface area contributed by atoms with E-state index >= 15 is 0 Å². The molecule has 1 amide bonds. The Morgan fingerprint density at radius 3 is 3.10 bits per heavy atom. The Labute approximate surface area is 126 Å². The van der Waals surface area contributed by atoms with E-state index < -0.39 is 0 Å². The quantitative estimate of drug-likeness (QED) is 0.924. The third-order valence-electron chi connectivity index (χ3n) is 4.67. The van der Waals surface area contributed by atoms with Gasteiger partial charge in [0.25, 0.3) is 0 Å². The van der Waals surface area contributed by atoms with Gasteiger partial charge in [0.2, 0.25) is 11.9 Å². The van der Waals surface area contributed by atoms with Gasteiger partial charge in [-0.15, -0.1) is 0 Å². The summed E-state index contributed by atoms with van der Waals surface area (Å²) in [6.07, 6.45) is 7.79. The number of rotatable bonds is 3. The molecule has 2 heterocycles. The number of fused-ring (bicyclic) bond motifs is 2. The Hall–Kier alpha value is -1.49. The summed E-state index contributed by atoms with van der Waals surface area (Å²) in [5, 5.41) is 2.68. The second-order valence-electron chi connectivity index (χ2n) is 6.26. The molecule has 0 bridgehead atoms. The first-order chi connectivity index (χ1) is 10.2. The van der Waals surface area contributed by atoms with E-state index in [2.05, 4.69) is 27.1 Å². The number of carbonyl (C=O) groups is 1. The van der Waals surface area contributed by atoms with Crippen molar-refractivity contribution in [3.05, 3.63) is 17.5 Å². The van der Waals surface area contributed by atoms with E-state index in [-0.39, 0.29) is 5.91 Å². The first-order valence-electron chi connectivity index (χ1n) is 8.03. The van der Waals surface area contributed by atoms with Crippen LogP contribution in [0.1, 0.15) is 44.4 Å². The van der Waals surface area contributed by atoms with Crippen molar-refractivity contribution in [1.82, 2.24) is 14.9 Å². The fourth-order valence-electron chi connectivity index (χ4n) is 3.79. The van der Waals surface area contributed by atoms with Gasteiger partial charge in [-0.2, -0.15) is 0 Å². The largest absolute Gasteiger partial charge is 0.300 e. The van der Waals surface area contributed by atoms with Crippen LogP contribution < -0.4 is 5.32 Å². The lowest BCUT2D eigenvalue weighted by Crippen LogP contribution is -2.49. The van der Waals surface area contributed by atoms with E-state index in [4.69, 9.17) is 0 Å². The Balaban J connectivity index is 1.81. The van der Waals surface area contributed by atoms with Crippen LogP contribution in [-0.2, 0) is 17.6 Å². The van der Waals surface area contributed by atoms with Gasteiger partial charge in [-0.25, -0.2) is 9.97 Å². The SMILES string of the molecule is CCCN1CCC[C@H]2Cc3nc(NC(C)=O)ncc3C[C@@H]21. The summed E-state index contributed by atoms with van der Waals surface area (Å²) >= 11 is 0. The molecule has 0 aromatic carbocycles. The van der Waals surface area contributed by atoms with Gasteiger partial charge >= 0.3 is 0 Å². The van der Waals surface area contributed by atoms with E-state index in [0.717, 1.165) is 18.5 Å². The van der Waals surface area contributed by atoms with Crippen LogP contribution in [0.2, 0.25) is 0 Å². The van der Waals surface area contributed by atoms with E-state index in [0.29, 0.717) is 17.9 Å². The third-order valence-corrected chi connectivity index (χ3v) is 4.67. The normalized spacial score (nSPS) is 25.0. The highest BCUT2D eigenvalue weighted by Gasteiger charge is 2.35. The van der Waals surface area contributed by atoms with Gasteiger partial charge in [-0.3, -0.25) is 15.0 Å². The van der Waals surface area contributed by atoms with Gasteiger partial charge < -0.3 is 0 Å². The molecule has 2 atom stereocenters. The van der Waals surface area contributed by atoms with Crippen molar-refractivity contribution in [1.29, 1.82) is 0 Å². The number of nitrogens with zero attached hydrogens (tertiary/aromatic N) is 3. The molecule has 5 heteroatoms. The average molecular weight is 288 g/mol. The van der Waals surface area contributed by atoms with Crippen molar-refractivity contribution in [2.24, 2.45) is 5.92 Å². The molecule has 0 saturated carbocycles. The highest BCUT2D eigenvalue weighted by molar-refractivity contribution is 5.86. The van der Waals surface area contributed by atoms with Gasteiger partial charge in [0.05, 0.1) is 0 Å². The van der Waals surface area contributed by atoms with Crippen LogP contribution in [-0.4, -0.2) is 39.9 Å². The zero-order valence-corrected chi connectivity index (χ0v) is 12.9. The summed E-state index contributed by atoms with van der Waals surface area (Å²) < 4.78 is 0. The molecule has 1 N–H and O–H groups in total. The molecule has 2 aliphatic rings. The fourth-order valence-corrected chi connectivity index (χ4v) is 3.79. The Morgan fingerprint density at radius 2 is 2.33 bits per heavy atom. The number of hydrogen-bond acceptors (Lipinski definition) is 4. The summed E-state index contributed by atoms with van der Waals surface area (Å²) in [5.74, 6) is 1.04. The molecule has 1 fully saturated rings. The summed E-state index contributed by atoms with van der Waals surface area (Å²) in [6.45, 7) is 6.17. The van der Waals surface area contributed by atoms with Crippen LogP contribution in [0.5, 0.6) is 0 Å². The monoisotopic (exact) mass is 288 g/mol. The van der Waals surface area contributed by atoms with Crippen LogP contribution in [0.4, 0.5) is 5.95 Å². The molecular weight excluding hydrogens is 264 g/mol. The van der Waals surface area contributed by atoms with E-state index in [1.807, 2.05) is 6.20 Å². The Kier molecular flexibility index (Phi) is 4.19. The molecule has 1 aliphatic heterocycles. The van der Waals surface area contributed by atoms with E-state index in [1.54, 1.807) is 0 Å². The maximum atomic E-state index is 11.1. The summed E-state index contributed by atoms with van der Waals surface area (Å²) in [6, 6.07) is 0.654. The number of anilines is 1.